The van der Waals surface area contributed by atoms with Gasteiger partial charge in [-0.1, -0.05) is 62.4 Å². The molecule has 7 nitrogen and oxygen atoms in total. The highest BCUT2D eigenvalue weighted by atomic mass is 19.1. The van der Waals surface area contributed by atoms with E-state index < -0.39 is 42.4 Å². The zero-order chi connectivity index (χ0) is 23.3. The fourth-order valence-corrected chi connectivity index (χ4v) is 3.49. The van der Waals surface area contributed by atoms with Crippen molar-refractivity contribution in [1.29, 1.82) is 0 Å². The SMILES string of the molecule is CC(C)C1(C(=O)NC(CC(=O)O)C(=O)CF)C=C(c2cccc(-c3ccccc3)c2)NO1. The zero-order valence-corrected chi connectivity index (χ0v) is 17.8. The summed E-state index contributed by atoms with van der Waals surface area (Å²) >= 11 is 0. The van der Waals surface area contributed by atoms with Crippen LogP contribution >= 0.6 is 0 Å². The number of hydroxylamine groups is 1. The fraction of sp³-hybridized carbons (Fsp3) is 0.292. The Balaban J connectivity index is 1.90. The van der Waals surface area contributed by atoms with Gasteiger partial charge in [-0.2, -0.15) is 0 Å². The van der Waals surface area contributed by atoms with Crippen LogP contribution in [0, 0.1) is 5.92 Å². The Bertz CT molecular complexity index is 1040. The number of ketones is 1. The van der Waals surface area contributed by atoms with Gasteiger partial charge in [0.05, 0.1) is 12.1 Å². The van der Waals surface area contributed by atoms with Gasteiger partial charge in [0, 0.05) is 5.56 Å². The van der Waals surface area contributed by atoms with Gasteiger partial charge in [-0.25, -0.2) is 4.39 Å². The van der Waals surface area contributed by atoms with E-state index in [1.807, 2.05) is 54.6 Å². The molecule has 0 spiro atoms. The first-order valence-electron chi connectivity index (χ1n) is 10.2. The van der Waals surface area contributed by atoms with Crippen molar-refractivity contribution in [1.82, 2.24) is 10.8 Å². The van der Waals surface area contributed by atoms with Crippen molar-refractivity contribution in [2.24, 2.45) is 5.92 Å². The van der Waals surface area contributed by atoms with E-state index in [4.69, 9.17) is 9.94 Å². The number of carboxylic acids is 1. The molecule has 168 valence electrons. The number of benzene rings is 2. The second kappa shape index (κ2) is 9.74. The first-order chi connectivity index (χ1) is 15.3. The first kappa shape index (κ1) is 23.1. The third-order valence-corrected chi connectivity index (χ3v) is 5.39. The van der Waals surface area contributed by atoms with E-state index in [1.54, 1.807) is 19.9 Å². The molecular formula is C24H25FN2O5. The number of hydrogen-bond donors (Lipinski definition) is 3. The van der Waals surface area contributed by atoms with Crippen LogP contribution in [0.3, 0.4) is 0 Å². The summed E-state index contributed by atoms with van der Waals surface area (Å²) in [6, 6.07) is 16.0. The number of carbonyl (C=O) groups is 3. The molecule has 3 rings (SSSR count). The van der Waals surface area contributed by atoms with Crippen LogP contribution in [-0.2, 0) is 19.2 Å². The standard InChI is InChI=1S/C24H25FN2O5/c1-15(2)24(23(31)26-19(12-22(29)30)21(28)14-25)13-20(27-32-24)18-10-6-9-17(11-18)16-7-4-3-5-8-16/h3-11,13,15,19,27H,12,14H2,1-2H3,(H,26,31)(H,29,30). The number of hydrogen-bond acceptors (Lipinski definition) is 5. The molecule has 2 atom stereocenters. The quantitative estimate of drug-likeness (QED) is 0.554. The topological polar surface area (TPSA) is 105 Å². The summed E-state index contributed by atoms with van der Waals surface area (Å²) in [6.07, 6.45) is 0.890. The molecular weight excluding hydrogens is 415 g/mol. The number of rotatable bonds is 9. The molecule has 0 radical (unpaired) electrons. The summed E-state index contributed by atoms with van der Waals surface area (Å²) in [6.45, 7) is 2.13. The molecule has 3 N–H and O–H groups in total. The Kier molecular flexibility index (Phi) is 7.05. The molecule has 1 aliphatic rings. The van der Waals surface area contributed by atoms with E-state index >= 15 is 0 Å². The summed E-state index contributed by atoms with van der Waals surface area (Å²) in [4.78, 5) is 41.6. The van der Waals surface area contributed by atoms with Crippen LogP contribution in [0.5, 0.6) is 0 Å². The molecule has 1 heterocycles. The highest BCUT2D eigenvalue weighted by Gasteiger charge is 2.47. The molecule has 8 heteroatoms. The van der Waals surface area contributed by atoms with Gasteiger partial charge in [0.1, 0.15) is 12.7 Å². The van der Waals surface area contributed by atoms with Gasteiger partial charge < -0.3 is 10.4 Å². The summed E-state index contributed by atoms with van der Waals surface area (Å²) in [5.74, 6) is -3.43. The van der Waals surface area contributed by atoms with E-state index in [9.17, 15) is 18.8 Å². The molecule has 0 saturated carbocycles. The average Bonchev–Trinajstić information content (AvgIpc) is 3.25. The van der Waals surface area contributed by atoms with E-state index in [0.29, 0.717) is 5.70 Å². The van der Waals surface area contributed by atoms with Crippen LogP contribution in [0.2, 0.25) is 0 Å². The van der Waals surface area contributed by atoms with Gasteiger partial charge >= 0.3 is 5.97 Å². The zero-order valence-electron chi connectivity index (χ0n) is 17.8. The van der Waals surface area contributed by atoms with Crippen molar-refractivity contribution in [2.45, 2.75) is 31.9 Å². The molecule has 0 bridgehead atoms. The minimum atomic E-state index is -1.51. The van der Waals surface area contributed by atoms with E-state index in [1.165, 1.54) is 0 Å². The van der Waals surface area contributed by atoms with E-state index in [-0.39, 0.29) is 5.92 Å². The highest BCUT2D eigenvalue weighted by Crippen LogP contribution is 2.34. The normalized spacial score (nSPS) is 18.6. The smallest absolute Gasteiger partial charge is 0.305 e. The number of alkyl halides is 1. The number of carboxylic acid groups (broad SMARTS) is 1. The number of halogens is 1. The van der Waals surface area contributed by atoms with Crippen molar-refractivity contribution in [3.8, 4) is 11.1 Å². The predicted molar refractivity (Wildman–Crippen MR) is 117 cm³/mol. The van der Waals surface area contributed by atoms with Crippen LogP contribution in [0.4, 0.5) is 4.39 Å². The summed E-state index contributed by atoms with van der Waals surface area (Å²) < 4.78 is 12.9. The first-order valence-corrected chi connectivity index (χ1v) is 10.2. The van der Waals surface area contributed by atoms with Crippen molar-refractivity contribution >= 4 is 23.4 Å². The van der Waals surface area contributed by atoms with Crippen LogP contribution in [0.1, 0.15) is 25.8 Å². The summed E-state index contributed by atoms with van der Waals surface area (Å²) in [5.41, 5.74) is 4.62. The Labute approximate surface area is 185 Å². The average molecular weight is 440 g/mol. The minimum absolute atomic E-state index is 0.379. The Morgan fingerprint density at radius 2 is 1.72 bits per heavy atom. The fourth-order valence-electron chi connectivity index (χ4n) is 3.49. The molecule has 2 unspecified atom stereocenters. The van der Waals surface area contributed by atoms with Crippen LogP contribution in [0.15, 0.2) is 60.7 Å². The molecule has 2 aromatic rings. The second-order valence-corrected chi connectivity index (χ2v) is 7.88. The summed E-state index contributed by atoms with van der Waals surface area (Å²) in [7, 11) is 0. The monoisotopic (exact) mass is 440 g/mol. The molecule has 0 aliphatic carbocycles. The van der Waals surface area contributed by atoms with Crippen molar-refractivity contribution in [3.63, 3.8) is 0 Å². The van der Waals surface area contributed by atoms with Crippen LogP contribution in [0.25, 0.3) is 16.8 Å². The predicted octanol–water partition coefficient (Wildman–Crippen LogP) is 3.12. The lowest BCUT2D eigenvalue weighted by atomic mass is 9.87. The maximum atomic E-state index is 13.1. The third-order valence-electron chi connectivity index (χ3n) is 5.39. The van der Waals surface area contributed by atoms with Crippen molar-refractivity contribution in [3.05, 3.63) is 66.2 Å². The number of aliphatic carboxylic acids is 1. The second-order valence-electron chi connectivity index (χ2n) is 7.88. The number of carbonyl (C=O) groups excluding carboxylic acids is 2. The van der Waals surface area contributed by atoms with Crippen LogP contribution in [-0.4, -0.2) is 41.1 Å². The van der Waals surface area contributed by atoms with E-state index in [2.05, 4.69) is 10.8 Å². The number of Topliss-reactive ketones (excluding diaryl/α,β-unsaturated/α-hetero) is 1. The molecule has 1 amide bonds. The molecule has 0 aromatic heterocycles. The van der Waals surface area contributed by atoms with Crippen molar-refractivity contribution in [2.75, 3.05) is 6.67 Å². The highest BCUT2D eigenvalue weighted by molar-refractivity contribution is 5.97. The van der Waals surface area contributed by atoms with Crippen molar-refractivity contribution < 1.29 is 28.7 Å². The Hall–Kier alpha value is -3.52. The minimum Gasteiger partial charge on any atom is -0.481 e. The maximum Gasteiger partial charge on any atom is 0.305 e. The largest absolute Gasteiger partial charge is 0.481 e. The van der Waals surface area contributed by atoms with Gasteiger partial charge in [0.15, 0.2) is 11.4 Å². The molecule has 0 saturated heterocycles. The lowest BCUT2D eigenvalue weighted by Gasteiger charge is -2.29. The lowest BCUT2D eigenvalue weighted by molar-refractivity contribution is -0.152. The van der Waals surface area contributed by atoms with Crippen LogP contribution < -0.4 is 10.8 Å². The van der Waals surface area contributed by atoms with Gasteiger partial charge in [-0.05, 0) is 29.2 Å². The Morgan fingerprint density at radius 3 is 2.34 bits per heavy atom. The maximum absolute atomic E-state index is 13.1. The third kappa shape index (κ3) is 4.86. The molecule has 32 heavy (non-hydrogen) atoms. The van der Waals surface area contributed by atoms with Gasteiger partial charge in [0.2, 0.25) is 0 Å². The molecule has 1 aliphatic heterocycles. The molecule has 0 fully saturated rings. The Morgan fingerprint density at radius 1 is 1.06 bits per heavy atom. The van der Waals surface area contributed by atoms with Gasteiger partial charge in [-0.15, -0.1) is 0 Å². The van der Waals surface area contributed by atoms with Gasteiger partial charge in [-0.3, -0.25) is 24.7 Å². The number of nitrogens with one attached hydrogen (secondary N) is 2. The number of amides is 1. The van der Waals surface area contributed by atoms with E-state index in [0.717, 1.165) is 16.7 Å². The summed E-state index contributed by atoms with van der Waals surface area (Å²) in [5, 5.41) is 11.4. The molecule has 2 aromatic carbocycles. The lowest BCUT2D eigenvalue weighted by Crippen LogP contribution is -2.55. The van der Waals surface area contributed by atoms with Gasteiger partial charge in [0.25, 0.3) is 5.91 Å².